The zero-order valence-electron chi connectivity index (χ0n) is 13.2. The summed E-state index contributed by atoms with van der Waals surface area (Å²) in [5, 5.41) is 7.12. The highest BCUT2D eigenvalue weighted by Crippen LogP contribution is 2.38. The number of benzene rings is 1. The largest absolute Gasteiger partial charge is 0.488 e. The van der Waals surface area contributed by atoms with E-state index < -0.39 is 0 Å². The number of nitrogens with one attached hydrogen (secondary N) is 1. The minimum atomic E-state index is -0.385. The molecule has 3 rings (SSSR count). The van der Waals surface area contributed by atoms with Gasteiger partial charge in [-0.25, -0.2) is 4.39 Å². The number of hydrogen-bond acceptors (Lipinski definition) is 3. The Labute approximate surface area is 138 Å². The normalized spacial score (nSPS) is 12.7. The lowest BCUT2D eigenvalue weighted by molar-refractivity contribution is 0.0955. The predicted molar refractivity (Wildman–Crippen MR) is 88.9 cm³/mol. The molecule has 0 saturated carbocycles. The number of fused-ring (bicyclic) bond motifs is 3. The molecule has 24 heavy (non-hydrogen) atoms. The van der Waals surface area contributed by atoms with Crippen LogP contribution in [0.4, 0.5) is 4.39 Å². The van der Waals surface area contributed by atoms with E-state index >= 15 is 0 Å². The number of aryl methyl sites for hydroxylation is 1. The molecule has 2 heterocycles. The van der Waals surface area contributed by atoms with Crippen molar-refractivity contribution >= 4 is 5.91 Å². The fourth-order valence-corrected chi connectivity index (χ4v) is 2.65. The Balaban J connectivity index is 2.04. The Hall–Kier alpha value is -3.15. The van der Waals surface area contributed by atoms with Crippen LogP contribution in [-0.2, 0) is 13.7 Å². The molecule has 122 valence electrons. The minimum Gasteiger partial charge on any atom is -0.488 e. The number of carbonyl (C=O) groups excluding carboxylic acids is 1. The first-order chi connectivity index (χ1) is 11.5. The SMILES string of the molecule is C=CC=C(C=C)NC(=O)c1c2c(nn1C)-c1cc(F)ccc1OC2. The first-order valence-electron chi connectivity index (χ1n) is 7.30. The molecule has 1 aliphatic heterocycles. The second kappa shape index (κ2) is 6.16. The van der Waals surface area contributed by atoms with Crippen LogP contribution in [0.25, 0.3) is 11.3 Å². The number of rotatable bonds is 4. The van der Waals surface area contributed by atoms with Crippen molar-refractivity contribution in [2.24, 2.45) is 7.05 Å². The van der Waals surface area contributed by atoms with Crippen LogP contribution in [0.2, 0.25) is 0 Å². The summed E-state index contributed by atoms with van der Waals surface area (Å²) in [6.07, 6.45) is 4.70. The van der Waals surface area contributed by atoms with Crippen molar-refractivity contribution in [3.8, 4) is 17.0 Å². The van der Waals surface area contributed by atoms with Gasteiger partial charge in [0.1, 0.15) is 29.6 Å². The van der Waals surface area contributed by atoms with Gasteiger partial charge in [-0.15, -0.1) is 0 Å². The molecule has 1 N–H and O–H groups in total. The van der Waals surface area contributed by atoms with E-state index in [4.69, 9.17) is 4.74 Å². The maximum atomic E-state index is 13.6. The third-order valence-corrected chi connectivity index (χ3v) is 3.70. The number of nitrogens with zero attached hydrogens (tertiary/aromatic N) is 2. The van der Waals surface area contributed by atoms with Crippen LogP contribution in [0.1, 0.15) is 16.1 Å². The smallest absolute Gasteiger partial charge is 0.274 e. The number of allylic oxidation sites excluding steroid dienone is 3. The highest BCUT2D eigenvalue weighted by atomic mass is 19.1. The lowest BCUT2D eigenvalue weighted by atomic mass is 10.0. The van der Waals surface area contributed by atoms with Crippen molar-refractivity contribution in [1.82, 2.24) is 15.1 Å². The van der Waals surface area contributed by atoms with Gasteiger partial charge in [0.2, 0.25) is 0 Å². The van der Waals surface area contributed by atoms with Crippen LogP contribution < -0.4 is 10.1 Å². The average Bonchev–Trinajstić information content (AvgIpc) is 2.90. The summed E-state index contributed by atoms with van der Waals surface area (Å²) in [7, 11) is 1.66. The van der Waals surface area contributed by atoms with Gasteiger partial charge < -0.3 is 10.1 Å². The summed E-state index contributed by atoms with van der Waals surface area (Å²) in [5.74, 6) is -0.181. The second-order valence-electron chi connectivity index (χ2n) is 5.24. The van der Waals surface area contributed by atoms with Crippen LogP contribution in [0, 0.1) is 5.82 Å². The maximum Gasteiger partial charge on any atom is 0.274 e. The number of ether oxygens (including phenoxy) is 1. The van der Waals surface area contributed by atoms with Gasteiger partial charge in [0, 0.05) is 23.9 Å². The quantitative estimate of drug-likeness (QED) is 0.879. The number of hydrogen-bond donors (Lipinski definition) is 1. The van der Waals surface area contributed by atoms with Crippen LogP contribution in [0.15, 0.2) is 55.3 Å². The summed E-state index contributed by atoms with van der Waals surface area (Å²) in [5.41, 5.74) is 2.59. The molecular weight excluding hydrogens is 309 g/mol. The number of carbonyl (C=O) groups is 1. The molecule has 0 unspecified atom stereocenters. The first kappa shape index (κ1) is 15.7. The van der Waals surface area contributed by atoms with Gasteiger partial charge >= 0.3 is 0 Å². The predicted octanol–water partition coefficient (Wildman–Crippen LogP) is 3.10. The minimum absolute atomic E-state index is 0.194. The standard InChI is InChI=1S/C18H16FN3O2/c1-4-6-12(5-2)20-18(23)17-14-10-24-15-8-7-11(19)9-13(15)16(14)21-22(17)3/h4-9H,1-2,10H2,3H3,(H,20,23). The first-order valence-corrected chi connectivity index (χ1v) is 7.30. The van der Waals surface area contributed by atoms with E-state index in [-0.39, 0.29) is 18.3 Å². The molecule has 6 heteroatoms. The van der Waals surface area contributed by atoms with Crippen molar-refractivity contribution in [2.45, 2.75) is 6.61 Å². The zero-order valence-corrected chi connectivity index (χ0v) is 13.2. The van der Waals surface area contributed by atoms with E-state index in [1.807, 2.05) is 0 Å². The Morgan fingerprint density at radius 3 is 2.96 bits per heavy atom. The maximum absolute atomic E-state index is 13.6. The fraction of sp³-hybridized carbons (Fsp3) is 0.111. The molecule has 1 aromatic carbocycles. The molecular formula is C18H16FN3O2. The summed E-state index contributed by atoms with van der Waals surface area (Å²) < 4.78 is 20.7. The molecule has 0 saturated heterocycles. The molecule has 0 spiro atoms. The fourth-order valence-electron chi connectivity index (χ4n) is 2.65. The molecule has 5 nitrogen and oxygen atoms in total. The van der Waals surface area contributed by atoms with E-state index in [2.05, 4.69) is 23.6 Å². The molecule has 1 amide bonds. The molecule has 0 aliphatic carbocycles. The van der Waals surface area contributed by atoms with Gasteiger partial charge in [-0.05, 0) is 30.4 Å². The summed E-state index contributed by atoms with van der Waals surface area (Å²) in [4.78, 5) is 12.6. The molecule has 0 atom stereocenters. The number of aromatic nitrogens is 2. The van der Waals surface area contributed by atoms with Gasteiger partial charge in [0.25, 0.3) is 5.91 Å². The lowest BCUT2D eigenvalue weighted by Crippen LogP contribution is -2.26. The van der Waals surface area contributed by atoms with Crippen molar-refractivity contribution < 1.29 is 13.9 Å². The molecule has 1 aliphatic rings. The highest BCUT2D eigenvalue weighted by Gasteiger charge is 2.28. The van der Waals surface area contributed by atoms with Crippen LogP contribution in [-0.4, -0.2) is 15.7 Å². The summed E-state index contributed by atoms with van der Waals surface area (Å²) in [6.45, 7) is 7.43. The van der Waals surface area contributed by atoms with E-state index in [1.165, 1.54) is 22.9 Å². The van der Waals surface area contributed by atoms with Crippen molar-refractivity contribution in [3.63, 3.8) is 0 Å². The number of amides is 1. The Morgan fingerprint density at radius 2 is 2.25 bits per heavy atom. The summed E-state index contributed by atoms with van der Waals surface area (Å²) >= 11 is 0. The topological polar surface area (TPSA) is 56.2 Å². The van der Waals surface area contributed by atoms with Gasteiger partial charge in [-0.3, -0.25) is 9.48 Å². The molecule has 2 aromatic rings. The van der Waals surface area contributed by atoms with Gasteiger partial charge in [0.05, 0.1) is 0 Å². The second-order valence-corrected chi connectivity index (χ2v) is 5.24. The van der Waals surface area contributed by atoms with Gasteiger partial charge in [0.15, 0.2) is 0 Å². The third-order valence-electron chi connectivity index (χ3n) is 3.70. The monoisotopic (exact) mass is 325 g/mol. The lowest BCUT2D eigenvalue weighted by Gasteiger charge is -2.17. The molecule has 0 fully saturated rings. The van der Waals surface area contributed by atoms with E-state index in [0.717, 1.165) is 0 Å². The van der Waals surface area contributed by atoms with Crippen molar-refractivity contribution in [2.75, 3.05) is 0 Å². The Bertz CT molecular complexity index is 881. The van der Waals surface area contributed by atoms with Crippen LogP contribution >= 0.6 is 0 Å². The summed E-state index contributed by atoms with van der Waals surface area (Å²) in [6, 6.07) is 4.25. The highest BCUT2D eigenvalue weighted by molar-refractivity contribution is 5.97. The Kier molecular flexibility index (Phi) is 4.04. The van der Waals surface area contributed by atoms with Gasteiger partial charge in [-0.1, -0.05) is 19.2 Å². The molecule has 0 bridgehead atoms. The van der Waals surface area contributed by atoms with Crippen molar-refractivity contribution in [3.05, 3.63) is 72.4 Å². The van der Waals surface area contributed by atoms with E-state index in [1.54, 1.807) is 25.3 Å². The Morgan fingerprint density at radius 1 is 1.46 bits per heavy atom. The molecule has 0 radical (unpaired) electrons. The van der Waals surface area contributed by atoms with E-state index in [0.29, 0.717) is 34.0 Å². The number of halogens is 1. The van der Waals surface area contributed by atoms with Crippen molar-refractivity contribution in [1.29, 1.82) is 0 Å². The van der Waals surface area contributed by atoms with E-state index in [9.17, 15) is 9.18 Å². The third kappa shape index (κ3) is 2.62. The van der Waals surface area contributed by atoms with Crippen LogP contribution in [0.5, 0.6) is 5.75 Å². The molecule has 1 aromatic heterocycles. The van der Waals surface area contributed by atoms with Crippen LogP contribution in [0.3, 0.4) is 0 Å². The average molecular weight is 325 g/mol. The zero-order chi connectivity index (χ0) is 17.3. The van der Waals surface area contributed by atoms with Gasteiger partial charge in [-0.2, -0.15) is 5.10 Å².